The predicted octanol–water partition coefficient (Wildman–Crippen LogP) is 1.86. The van der Waals surface area contributed by atoms with Crippen LogP contribution < -0.4 is 5.32 Å². The largest absolute Gasteiger partial charge is 0.357 e. The van der Waals surface area contributed by atoms with Gasteiger partial charge in [0.05, 0.1) is 0 Å². The maximum absolute atomic E-state index is 12.6. The number of carbonyl (C=O) groups excluding carboxylic acids is 1. The van der Waals surface area contributed by atoms with Crippen molar-refractivity contribution in [3.63, 3.8) is 0 Å². The lowest BCUT2D eigenvalue weighted by Gasteiger charge is -2.42. The lowest BCUT2D eigenvalue weighted by Crippen LogP contribution is -2.58. The van der Waals surface area contributed by atoms with Gasteiger partial charge >= 0.3 is 0 Å². The Labute approximate surface area is 127 Å². The lowest BCUT2D eigenvalue weighted by molar-refractivity contribution is -0.133. The number of hydrogen-bond acceptors (Lipinski definition) is 3. The van der Waals surface area contributed by atoms with Crippen LogP contribution in [0.1, 0.15) is 39.5 Å². The molecule has 1 aliphatic rings. The van der Waals surface area contributed by atoms with Crippen LogP contribution in [0.3, 0.4) is 0 Å². The predicted molar refractivity (Wildman–Crippen MR) is 84.0 cm³/mol. The Bertz CT molecular complexity index is 441. The van der Waals surface area contributed by atoms with Crippen molar-refractivity contribution in [2.45, 2.75) is 45.1 Å². The second kappa shape index (κ2) is 7.07. The standard InChI is InChI=1S/C16H28N4O/c1-4-14(5-2)12-19-10-6-8-16(13-19,15(21)17-3)20-11-7-9-18-20/h7,9,11,14H,4-6,8,10,12-13H2,1-3H3,(H,17,21). The van der Waals surface area contributed by atoms with Crippen LogP contribution in [0, 0.1) is 5.92 Å². The molecule has 2 heterocycles. The summed E-state index contributed by atoms with van der Waals surface area (Å²) in [5.74, 6) is 0.781. The molecule has 1 fully saturated rings. The summed E-state index contributed by atoms with van der Waals surface area (Å²) in [6.07, 6.45) is 7.95. The summed E-state index contributed by atoms with van der Waals surface area (Å²) in [6, 6.07) is 1.89. The third-order valence-corrected chi connectivity index (χ3v) is 4.81. The van der Waals surface area contributed by atoms with E-state index in [9.17, 15) is 4.79 Å². The fourth-order valence-electron chi connectivity index (χ4n) is 3.42. The molecule has 21 heavy (non-hydrogen) atoms. The van der Waals surface area contributed by atoms with Crippen LogP contribution in [0.5, 0.6) is 0 Å². The van der Waals surface area contributed by atoms with E-state index in [1.807, 2.05) is 16.9 Å². The zero-order chi connectivity index (χ0) is 15.3. The minimum atomic E-state index is -0.553. The average molecular weight is 292 g/mol. The molecule has 0 aromatic carbocycles. The van der Waals surface area contributed by atoms with Crippen molar-refractivity contribution in [3.05, 3.63) is 18.5 Å². The third kappa shape index (κ3) is 3.28. The molecule has 1 unspecified atom stereocenters. The monoisotopic (exact) mass is 292 g/mol. The van der Waals surface area contributed by atoms with Crippen LogP contribution in [-0.4, -0.2) is 47.3 Å². The summed E-state index contributed by atoms with van der Waals surface area (Å²) in [5, 5.41) is 7.20. The van der Waals surface area contributed by atoms with E-state index >= 15 is 0 Å². The van der Waals surface area contributed by atoms with E-state index in [-0.39, 0.29) is 5.91 Å². The first-order valence-electron chi connectivity index (χ1n) is 8.11. The summed E-state index contributed by atoms with van der Waals surface area (Å²) in [6.45, 7) is 7.41. The van der Waals surface area contributed by atoms with Gasteiger partial charge in [-0.1, -0.05) is 26.7 Å². The van der Waals surface area contributed by atoms with E-state index in [2.05, 4.69) is 29.2 Å². The van der Waals surface area contributed by atoms with E-state index in [1.54, 1.807) is 13.2 Å². The fourth-order valence-corrected chi connectivity index (χ4v) is 3.42. The molecule has 0 saturated carbocycles. The number of nitrogens with zero attached hydrogens (tertiary/aromatic N) is 3. The van der Waals surface area contributed by atoms with Crippen molar-refractivity contribution >= 4 is 5.91 Å². The number of aromatic nitrogens is 2. The minimum Gasteiger partial charge on any atom is -0.357 e. The number of rotatable bonds is 6. The van der Waals surface area contributed by atoms with Crippen molar-refractivity contribution in [2.24, 2.45) is 5.92 Å². The van der Waals surface area contributed by atoms with Crippen LogP contribution in [-0.2, 0) is 10.3 Å². The Kier molecular flexibility index (Phi) is 5.39. The van der Waals surface area contributed by atoms with Gasteiger partial charge in [0, 0.05) is 32.5 Å². The molecule has 5 heteroatoms. The van der Waals surface area contributed by atoms with Crippen LogP contribution in [0.25, 0.3) is 0 Å². The molecule has 1 N–H and O–H groups in total. The molecule has 5 nitrogen and oxygen atoms in total. The van der Waals surface area contributed by atoms with Gasteiger partial charge in [-0.25, -0.2) is 0 Å². The highest BCUT2D eigenvalue weighted by atomic mass is 16.2. The zero-order valence-corrected chi connectivity index (χ0v) is 13.5. The number of likely N-dealkylation sites (tertiary alicyclic amines) is 1. The summed E-state index contributed by atoms with van der Waals surface area (Å²) in [4.78, 5) is 15.0. The van der Waals surface area contributed by atoms with Crippen LogP contribution in [0.4, 0.5) is 0 Å². The molecule has 0 spiro atoms. The van der Waals surface area contributed by atoms with Crippen molar-refractivity contribution < 1.29 is 4.79 Å². The zero-order valence-electron chi connectivity index (χ0n) is 13.5. The average Bonchev–Trinajstić information content (AvgIpc) is 3.06. The number of amides is 1. The van der Waals surface area contributed by atoms with E-state index in [0.29, 0.717) is 5.92 Å². The number of nitrogens with one attached hydrogen (secondary N) is 1. The second-order valence-corrected chi connectivity index (χ2v) is 6.08. The van der Waals surface area contributed by atoms with Crippen LogP contribution in [0.2, 0.25) is 0 Å². The molecular formula is C16H28N4O. The Morgan fingerprint density at radius 3 is 2.76 bits per heavy atom. The number of carbonyl (C=O) groups is 1. The summed E-state index contributed by atoms with van der Waals surface area (Å²) < 4.78 is 1.85. The Hall–Kier alpha value is -1.36. The maximum atomic E-state index is 12.6. The smallest absolute Gasteiger partial charge is 0.249 e. The molecule has 1 amide bonds. The topological polar surface area (TPSA) is 50.2 Å². The highest BCUT2D eigenvalue weighted by molar-refractivity contribution is 5.84. The van der Waals surface area contributed by atoms with Gasteiger partial charge in [-0.2, -0.15) is 5.10 Å². The highest BCUT2D eigenvalue weighted by Crippen LogP contribution is 2.29. The van der Waals surface area contributed by atoms with E-state index < -0.39 is 5.54 Å². The molecular weight excluding hydrogens is 264 g/mol. The van der Waals surface area contributed by atoms with Gasteiger partial charge in [-0.15, -0.1) is 0 Å². The summed E-state index contributed by atoms with van der Waals surface area (Å²) in [7, 11) is 1.72. The lowest BCUT2D eigenvalue weighted by atomic mass is 9.87. The highest BCUT2D eigenvalue weighted by Gasteiger charge is 2.44. The summed E-state index contributed by atoms with van der Waals surface area (Å²) in [5.41, 5.74) is -0.553. The van der Waals surface area contributed by atoms with Crippen molar-refractivity contribution in [2.75, 3.05) is 26.7 Å². The van der Waals surface area contributed by atoms with E-state index in [0.717, 1.165) is 32.5 Å². The number of hydrogen-bond donors (Lipinski definition) is 1. The van der Waals surface area contributed by atoms with Crippen molar-refractivity contribution in [1.82, 2.24) is 20.0 Å². The van der Waals surface area contributed by atoms with Crippen molar-refractivity contribution in [3.8, 4) is 0 Å². The van der Waals surface area contributed by atoms with Crippen LogP contribution >= 0.6 is 0 Å². The van der Waals surface area contributed by atoms with E-state index in [1.165, 1.54) is 12.8 Å². The molecule has 118 valence electrons. The van der Waals surface area contributed by atoms with Gasteiger partial charge in [-0.05, 0) is 31.4 Å². The van der Waals surface area contributed by atoms with Gasteiger partial charge in [0.1, 0.15) is 0 Å². The molecule has 1 aromatic heterocycles. The van der Waals surface area contributed by atoms with Gasteiger partial charge in [0.15, 0.2) is 5.54 Å². The first-order valence-corrected chi connectivity index (χ1v) is 8.11. The normalized spacial score (nSPS) is 23.4. The molecule has 1 aromatic rings. The molecule has 1 saturated heterocycles. The van der Waals surface area contributed by atoms with Gasteiger partial charge in [-0.3, -0.25) is 9.48 Å². The minimum absolute atomic E-state index is 0.0699. The molecule has 2 rings (SSSR count). The van der Waals surface area contributed by atoms with E-state index in [4.69, 9.17) is 0 Å². The Morgan fingerprint density at radius 1 is 1.43 bits per heavy atom. The molecule has 0 aliphatic carbocycles. The number of likely N-dealkylation sites (N-methyl/N-ethyl adjacent to an activating group) is 1. The maximum Gasteiger partial charge on any atom is 0.249 e. The first kappa shape index (κ1) is 16.0. The Balaban J connectivity index is 2.19. The third-order valence-electron chi connectivity index (χ3n) is 4.81. The second-order valence-electron chi connectivity index (χ2n) is 6.08. The molecule has 1 aliphatic heterocycles. The van der Waals surface area contributed by atoms with Gasteiger partial charge < -0.3 is 10.2 Å². The Morgan fingerprint density at radius 2 is 2.19 bits per heavy atom. The SMILES string of the molecule is CCC(CC)CN1CCCC(C(=O)NC)(n2cccn2)C1. The first-order chi connectivity index (χ1) is 10.2. The molecule has 0 bridgehead atoms. The fraction of sp³-hybridized carbons (Fsp3) is 0.750. The molecule has 1 atom stereocenters. The quantitative estimate of drug-likeness (QED) is 0.870. The van der Waals surface area contributed by atoms with Crippen LogP contribution in [0.15, 0.2) is 18.5 Å². The van der Waals surface area contributed by atoms with Gasteiger partial charge in [0.25, 0.3) is 0 Å². The summed E-state index contributed by atoms with van der Waals surface area (Å²) >= 11 is 0. The number of piperidine rings is 1. The molecule has 0 radical (unpaired) electrons. The van der Waals surface area contributed by atoms with Crippen molar-refractivity contribution in [1.29, 1.82) is 0 Å². The van der Waals surface area contributed by atoms with Gasteiger partial charge in [0.2, 0.25) is 5.91 Å².